The molecule has 0 saturated heterocycles. The topological polar surface area (TPSA) is 78.7 Å². The Morgan fingerprint density at radius 2 is 2.25 bits per heavy atom. The standard InChI is InChI=1S/C12H10N4OS3/c13-5-6-18-10-4-2-1-3-9(10)15-11(17)7-19-12-16-14-8-20-12/h1-4,8H,6-7H2,(H,15,17). The fourth-order valence-electron chi connectivity index (χ4n) is 1.35. The fourth-order valence-corrected chi connectivity index (χ4v) is 3.30. The molecule has 0 radical (unpaired) electrons. The maximum absolute atomic E-state index is 11.9. The minimum Gasteiger partial charge on any atom is -0.324 e. The van der Waals surface area contributed by atoms with Crippen molar-refractivity contribution in [1.82, 2.24) is 10.2 Å². The van der Waals surface area contributed by atoms with E-state index in [0.717, 1.165) is 14.9 Å². The van der Waals surface area contributed by atoms with E-state index < -0.39 is 0 Å². The van der Waals surface area contributed by atoms with E-state index in [9.17, 15) is 4.79 Å². The molecule has 20 heavy (non-hydrogen) atoms. The van der Waals surface area contributed by atoms with Crippen LogP contribution in [0, 0.1) is 11.3 Å². The van der Waals surface area contributed by atoms with Gasteiger partial charge in [0, 0.05) is 4.90 Å². The van der Waals surface area contributed by atoms with Crippen LogP contribution in [0.2, 0.25) is 0 Å². The van der Waals surface area contributed by atoms with Crippen molar-refractivity contribution in [2.75, 3.05) is 16.8 Å². The Balaban J connectivity index is 1.92. The monoisotopic (exact) mass is 322 g/mol. The van der Waals surface area contributed by atoms with Crippen molar-refractivity contribution in [3.8, 4) is 6.07 Å². The van der Waals surface area contributed by atoms with Crippen LogP contribution in [0.5, 0.6) is 0 Å². The number of aromatic nitrogens is 2. The van der Waals surface area contributed by atoms with Crippen molar-refractivity contribution in [2.24, 2.45) is 0 Å². The summed E-state index contributed by atoms with van der Waals surface area (Å²) in [6, 6.07) is 9.52. The number of nitrogens with zero attached hydrogens (tertiary/aromatic N) is 3. The van der Waals surface area contributed by atoms with Gasteiger partial charge in [-0.1, -0.05) is 35.2 Å². The normalized spacial score (nSPS) is 9.95. The molecule has 0 bridgehead atoms. The van der Waals surface area contributed by atoms with Gasteiger partial charge in [-0.3, -0.25) is 4.79 Å². The summed E-state index contributed by atoms with van der Waals surface area (Å²) in [4.78, 5) is 12.8. The molecular formula is C12H10N4OS3. The Morgan fingerprint density at radius 3 is 3.00 bits per heavy atom. The van der Waals surface area contributed by atoms with Crippen molar-refractivity contribution in [3.63, 3.8) is 0 Å². The van der Waals surface area contributed by atoms with E-state index in [-0.39, 0.29) is 11.7 Å². The van der Waals surface area contributed by atoms with Crippen molar-refractivity contribution >= 4 is 46.5 Å². The predicted octanol–water partition coefficient (Wildman–Crippen LogP) is 2.88. The van der Waals surface area contributed by atoms with Crippen LogP contribution in [0.1, 0.15) is 0 Å². The van der Waals surface area contributed by atoms with E-state index >= 15 is 0 Å². The number of nitriles is 1. The van der Waals surface area contributed by atoms with Crippen LogP contribution < -0.4 is 5.32 Å². The molecule has 0 atom stereocenters. The molecule has 0 aliphatic heterocycles. The first-order valence-corrected chi connectivity index (χ1v) is 8.42. The first kappa shape index (κ1) is 14.8. The molecule has 0 aliphatic rings. The van der Waals surface area contributed by atoms with Gasteiger partial charge in [-0.25, -0.2) is 0 Å². The molecule has 0 aliphatic carbocycles. The van der Waals surface area contributed by atoms with E-state index in [2.05, 4.69) is 21.6 Å². The van der Waals surface area contributed by atoms with E-state index in [0.29, 0.717) is 5.75 Å². The highest BCUT2D eigenvalue weighted by Crippen LogP contribution is 2.27. The van der Waals surface area contributed by atoms with Crippen LogP contribution in [0.15, 0.2) is 39.0 Å². The van der Waals surface area contributed by atoms with E-state index in [1.54, 1.807) is 5.51 Å². The highest BCUT2D eigenvalue weighted by atomic mass is 32.2. The number of hydrogen-bond acceptors (Lipinski definition) is 7. The van der Waals surface area contributed by atoms with Crippen molar-refractivity contribution < 1.29 is 4.79 Å². The molecule has 2 rings (SSSR count). The molecule has 0 saturated carbocycles. The summed E-state index contributed by atoms with van der Waals surface area (Å²) >= 11 is 4.16. The number of rotatable bonds is 6. The Hall–Kier alpha value is -1.56. The van der Waals surface area contributed by atoms with Gasteiger partial charge in [0.25, 0.3) is 0 Å². The second-order valence-corrected chi connectivity index (χ2v) is 6.56. The molecular weight excluding hydrogens is 312 g/mol. The average molecular weight is 322 g/mol. The summed E-state index contributed by atoms with van der Waals surface area (Å²) in [5, 5.41) is 19.0. The molecule has 0 spiro atoms. The molecule has 1 aromatic carbocycles. The second kappa shape index (κ2) is 7.89. The molecule has 1 aromatic heterocycles. The summed E-state index contributed by atoms with van der Waals surface area (Å²) in [5.74, 6) is 0.536. The molecule has 1 N–H and O–H groups in total. The minimum atomic E-state index is -0.102. The third kappa shape index (κ3) is 4.52. The Bertz CT molecular complexity index is 609. The van der Waals surface area contributed by atoms with Gasteiger partial charge in [0.15, 0.2) is 4.34 Å². The van der Waals surface area contributed by atoms with Crippen molar-refractivity contribution in [2.45, 2.75) is 9.24 Å². The third-order valence-electron chi connectivity index (χ3n) is 2.12. The maximum atomic E-state index is 11.9. The number of nitrogens with one attached hydrogen (secondary N) is 1. The van der Waals surface area contributed by atoms with Crippen LogP contribution in [0.3, 0.4) is 0 Å². The number of para-hydroxylation sites is 1. The van der Waals surface area contributed by atoms with Gasteiger partial charge in [-0.2, -0.15) is 5.26 Å². The van der Waals surface area contributed by atoms with Gasteiger partial charge in [-0.15, -0.1) is 22.0 Å². The summed E-state index contributed by atoms with van der Waals surface area (Å²) in [6.07, 6.45) is 0. The molecule has 2 aromatic rings. The van der Waals surface area contributed by atoms with Crippen LogP contribution >= 0.6 is 34.9 Å². The van der Waals surface area contributed by atoms with E-state index in [4.69, 9.17) is 5.26 Å². The highest BCUT2D eigenvalue weighted by molar-refractivity contribution is 8.01. The van der Waals surface area contributed by atoms with Crippen LogP contribution in [-0.2, 0) is 4.79 Å². The van der Waals surface area contributed by atoms with Crippen molar-refractivity contribution in [3.05, 3.63) is 29.8 Å². The molecule has 1 heterocycles. The Kier molecular flexibility index (Phi) is 5.86. The number of carbonyl (C=O) groups is 1. The Labute approximate surface area is 128 Å². The SMILES string of the molecule is N#CCSc1ccccc1NC(=O)CSc1nncs1. The summed E-state index contributed by atoms with van der Waals surface area (Å²) in [6.45, 7) is 0. The lowest BCUT2D eigenvalue weighted by molar-refractivity contribution is -0.113. The zero-order chi connectivity index (χ0) is 14.2. The number of hydrogen-bond donors (Lipinski definition) is 1. The Morgan fingerprint density at radius 1 is 1.40 bits per heavy atom. The minimum absolute atomic E-state index is 0.102. The van der Waals surface area contributed by atoms with Crippen LogP contribution in [-0.4, -0.2) is 27.6 Å². The van der Waals surface area contributed by atoms with Crippen LogP contribution in [0.25, 0.3) is 0 Å². The number of carbonyl (C=O) groups excluding carboxylic acids is 1. The van der Waals surface area contributed by atoms with Crippen molar-refractivity contribution in [1.29, 1.82) is 5.26 Å². The third-order valence-corrected chi connectivity index (χ3v) is 4.92. The molecule has 8 heteroatoms. The molecule has 1 amide bonds. The number of anilines is 1. The van der Waals surface area contributed by atoms with Gasteiger partial charge in [0.1, 0.15) is 5.51 Å². The maximum Gasteiger partial charge on any atom is 0.234 e. The predicted molar refractivity (Wildman–Crippen MR) is 82.0 cm³/mol. The average Bonchev–Trinajstić information content (AvgIpc) is 2.97. The lowest BCUT2D eigenvalue weighted by Crippen LogP contribution is -2.14. The zero-order valence-electron chi connectivity index (χ0n) is 10.3. The van der Waals surface area contributed by atoms with Gasteiger partial charge < -0.3 is 5.32 Å². The molecule has 0 fully saturated rings. The summed E-state index contributed by atoms with van der Waals surface area (Å²) in [5.41, 5.74) is 2.37. The first-order valence-electron chi connectivity index (χ1n) is 5.57. The summed E-state index contributed by atoms with van der Waals surface area (Å²) in [7, 11) is 0. The van der Waals surface area contributed by atoms with Gasteiger partial charge in [0.2, 0.25) is 5.91 Å². The molecule has 5 nitrogen and oxygen atoms in total. The highest BCUT2D eigenvalue weighted by Gasteiger charge is 2.08. The smallest absolute Gasteiger partial charge is 0.234 e. The molecule has 0 unspecified atom stereocenters. The van der Waals surface area contributed by atoms with Gasteiger partial charge in [0.05, 0.1) is 23.3 Å². The largest absolute Gasteiger partial charge is 0.324 e. The van der Waals surface area contributed by atoms with Gasteiger partial charge in [-0.05, 0) is 12.1 Å². The number of thioether (sulfide) groups is 2. The number of amides is 1. The zero-order valence-corrected chi connectivity index (χ0v) is 12.7. The van der Waals surface area contributed by atoms with E-state index in [1.165, 1.54) is 34.9 Å². The van der Waals surface area contributed by atoms with Crippen LogP contribution in [0.4, 0.5) is 5.69 Å². The quantitative estimate of drug-likeness (QED) is 0.824. The number of benzene rings is 1. The molecule has 102 valence electrons. The fraction of sp³-hybridized carbons (Fsp3) is 0.167. The lowest BCUT2D eigenvalue weighted by Gasteiger charge is -2.08. The van der Waals surface area contributed by atoms with E-state index in [1.807, 2.05) is 24.3 Å². The second-order valence-electron chi connectivity index (χ2n) is 3.48. The first-order chi connectivity index (χ1) is 9.79. The summed E-state index contributed by atoms with van der Waals surface area (Å²) < 4.78 is 0.771. The van der Waals surface area contributed by atoms with Gasteiger partial charge >= 0.3 is 0 Å². The lowest BCUT2D eigenvalue weighted by atomic mass is 10.3.